The summed E-state index contributed by atoms with van der Waals surface area (Å²) in [5, 5.41) is 4.44. The van der Waals surface area contributed by atoms with Crippen molar-refractivity contribution in [3.05, 3.63) is 18.2 Å². The van der Waals surface area contributed by atoms with E-state index in [1.54, 1.807) is 18.9 Å². The summed E-state index contributed by atoms with van der Waals surface area (Å²) in [6, 6.07) is 6.44. The number of H-pyrrole nitrogens is 1. The van der Waals surface area contributed by atoms with Crippen molar-refractivity contribution >= 4 is 22.8 Å². The average Bonchev–Trinajstić information content (AvgIpc) is 2.84. The van der Waals surface area contributed by atoms with E-state index in [0.29, 0.717) is 6.04 Å². The molecule has 0 fully saturated rings. The number of rotatable bonds is 7. The van der Waals surface area contributed by atoms with Crippen LogP contribution in [0.3, 0.4) is 0 Å². The van der Waals surface area contributed by atoms with E-state index in [4.69, 9.17) is 4.74 Å². The summed E-state index contributed by atoms with van der Waals surface area (Å²) < 4.78 is 5.21. The molecule has 0 aliphatic carbocycles. The van der Waals surface area contributed by atoms with Gasteiger partial charge in [0.15, 0.2) is 5.16 Å². The van der Waals surface area contributed by atoms with Gasteiger partial charge in [0.05, 0.1) is 18.1 Å². The minimum atomic E-state index is 0.540. The number of thioether (sulfide) groups is 1. The fourth-order valence-electron chi connectivity index (χ4n) is 1.95. The molecule has 104 valence electrons. The van der Waals surface area contributed by atoms with Crippen LogP contribution in [0.2, 0.25) is 0 Å². The number of imidazole rings is 1. The van der Waals surface area contributed by atoms with Gasteiger partial charge in [0.1, 0.15) is 5.75 Å². The maximum Gasteiger partial charge on any atom is 0.166 e. The number of aromatic nitrogens is 2. The van der Waals surface area contributed by atoms with E-state index in [2.05, 4.69) is 29.1 Å². The van der Waals surface area contributed by atoms with Crippen molar-refractivity contribution in [2.24, 2.45) is 0 Å². The topological polar surface area (TPSA) is 49.9 Å². The summed E-state index contributed by atoms with van der Waals surface area (Å²) >= 11 is 1.76. The van der Waals surface area contributed by atoms with Gasteiger partial charge in [0.25, 0.3) is 0 Å². The summed E-state index contributed by atoms with van der Waals surface area (Å²) in [6.07, 6.45) is 1.13. The highest BCUT2D eigenvalue weighted by atomic mass is 32.2. The summed E-state index contributed by atoms with van der Waals surface area (Å²) in [4.78, 5) is 7.91. The molecule has 0 spiro atoms. The van der Waals surface area contributed by atoms with Crippen LogP contribution >= 0.6 is 11.8 Å². The standard InChI is InChI=1S/C14H21N3OS/c1-4-10(15-5-2)9-19-14-16-12-7-6-11(18-3)8-13(12)17-14/h6-8,10,15H,4-5,9H2,1-3H3,(H,16,17). The summed E-state index contributed by atoms with van der Waals surface area (Å²) in [6.45, 7) is 5.36. The lowest BCUT2D eigenvalue weighted by atomic mass is 10.2. The van der Waals surface area contributed by atoms with E-state index in [-0.39, 0.29) is 0 Å². The van der Waals surface area contributed by atoms with Gasteiger partial charge < -0.3 is 15.0 Å². The minimum absolute atomic E-state index is 0.540. The molecular formula is C14H21N3OS. The predicted molar refractivity (Wildman–Crippen MR) is 81.1 cm³/mol. The minimum Gasteiger partial charge on any atom is -0.497 e. The van der Waals surface area contributed by atoms with Gasteiger partial charge >= 0.3 is 0 Å². The molecule has 19 heavy (non-hydrogen) atoms. The number of nitrogens with zero attached hydrogens (tertiary/aromatic N) is 1. The fraction of sp³-hybridized carbons (Fsp3) is 0.500. The molecule has 2 aromatic rings. The third-order valence-corrected chi connectivity index (χ3v) is 4.11. The van der Waals surface area contributed by atoms with E-state index in [9.17, 15) is 0 Å². The summed E-state index contributed by atoms with van der Waals surface area (Å²) in [7, 11) is 1.68. The lowest BCUT2D eigenvalue weighted by Gasteiger charge is -2.13. The highest BCUT2D eigenvalue weighted by molar-refractivity contribution is 7.99. The van der Waals surface area contributed by atoms with Crippen molar-refractivity contribution in [2.75, 3.05) is 19.4 Å². The molecule has 0 radical (unpaired) electrons. The van der Waals surface area contributed by atoms with Crippen molar-refractivity contribution < 1.29 is 4.74 Å². The summed E-state index contributed by atoms with van der Waals surface area (Å²) in [5.41, 5.74) is 2.01. The molecule has 4 nitrogen and oxygen atoms in total. The molecule has 0 aliphatic rings. The monoisotopic (exact) mass is 279 g/mol. The highest BCUT2D eigenvalue weighted by Gasteiger charge is 2.08. The van der Waals surface area contributed by atoms with Crippen LogP contribution in [0.5, 0.6) is 5.75 Å². The van der Waals surface area contributed by atoms with Gasteiger partial charge in [0, 0.05) is 17.9 Å². The maximum atomic E-state index is 5.21. The van der Waals surface area contributed by atoms with Crippen LogP contribution in [0, 0.1) is 0 Å². The maximum absolute atomic E-state index is 5.21. The average molecular weight is 279 g/mol. The Kier molecular flexibility index (Phi) is 5.10. The van der Waals surface area contributed by atoms with E-state index in [1.807, 2.05) is 18.2 Å². The second-order valence-electron chi connectivity index (χ2n) is 4.40. The van der Waals surface area contributed by atoms with Gasteiger partial charge in [0.2, 0.25) is 0 Å². The Morgan fingerprint density at radius 2 is 2.26 bits per heavy atom. The molecule has 2 N–H and O–H groups in total. The molecule has 0 amide bonds. The van der Waals surface area contributed by atoms with E-state index in [0.717, 1.165) is 40.7 Å². The third kappa shape index (κ3) is 3.64. The predicted octanol–water partition coefficient (Wildman–Crippen LogP) is 3.05. The first-order chi connectivity index (χ1) is 9.26. The van der Waals surface area contributed by atoms with E-state index >= 15 is 0 Å². The van der Waals surface area contributed by atoms with Crippen molar-refractivity contribution in [3.8, 4) is 5.75 Å². The van der Waals surface area contributed by atoms with Crippen LogP contribution in [0.15, 0.2) is 23.4 Å². The number of fused-ring (bicyclic) bond motifs is 1. The SMILES string of the molecule is CCNC(CC)CSc1nc2ccc(OC)cc2[nH]1. The van der Waals surface area contributed by atoms with Gasteiger partial charge in [-0.2, -0.15) is 0 Å². The molecule has 0 saturated heterocycles. The molecule has 1 atom stereocenters. The zero-order valence-corrected chi connectivity index (χ0v) is 12.5. The highest BCUT2D eigenvalue weighted by Crippen LogP contribution is 2.23. The zero-order chi connectivity index (χ0) is 13.7. The number of methoxy groups -OCH3 is 1. The van der Waals surface area contributed by atoms with E-state index < -0.39 is 0 Å². The van der Waals surface area contributed by atoms with Crippen LogP contribution in [0.25, 0.3) is 11.0 Å². The van der Waals surface area contributed by atoms with Crippen LogP contribution in [-0.2, 0) is 0 Å². The molecule has 5 heteroatoms. The second kappa shape index (κ2) is 6.82. The van der Waals surface area contributed by atoms with Gasteiger partial charge in [-0.25, -0.2) is 4.98 Å². The number of ether oxygens (including phenoxy) is 1. The Morgan fingerprint density at radius 1 is 1.42 bits per heavy atom. The number of benzene rings is 1. The number of aromatic amines is 1. The Labute approximate surface area is 118 Å². The molecule has 0 bridgehead atoms. The first-order valence-corrected chi connectivity index (χ1v) is 7.65. The van der Waals surface area contributed by atoms with E-state index in [1.165, 1.54) is 0 Å². The van der Waals surface area contributed by atoms with Crippen molar-refractivity contribution in [1.29, 1.82) is 0 Å². The quantitative estimate of drug-likeness (QED) is 0.765. The van der Waals surface area contributed by atoms with Crippen LogP contribution < -0.4 is 10.1 Å². The van der Waals surface area contributed by atoms with Crippen LogP contribution in [-0.4, -0.2) is 35.4 Å². The Hall–Kier alpha value is -1.20. The molecule has 1 heterocycles. The molecular weight excluding hydrogens is 258 g/mol. The van der Waals surface area contributed by atoms with Gasteiger partial charge in [-0.05, 0) is 25.1 Å². The van der Waals surface area contributed by atoms with Gasteiger partial charge in [-0.1, -0.05) is 25.6 Å². The van der Waals surface area contributed by atoms with Crippen molar-refractivity contribution in [2.45, 2.75) is 31.5 Å². The second-order valence-corrected chi connectivity index (χ2v) is 5.41. The molecule has 0 aliphatic heterocycles. The number of hydrogen-bond donors (Lipinski definition) is 2. The Bertz CT molecular complexity index is 526. The smallest absolute Gasteiger partial charge is 0.166 e. The lowest BCUT2D eigenvalue weighted by Crippen LogP contribution is -2.30. The third-order valence-electron chi connectivity index (χ3n) is 3.07. The van der Waals surface area contributed by atoms with Crippen molar-refractivity contribution in [3.63, 3.8) is 0 Å². The zero-order valence-electron chi connectivity index (χ0n) is 11.7. The fourth-order valence-corrected chi connectivity index (χ4v) is 3.01. The van der Waals surface area contributed by atoms with Gasteiger partial charge in [-0.3, -0.25) is 0 Å². The molecule has 1 aromatic heterocycles. The molecule has 0 saturated carbocycles. The molecule has 1 aromatic carbocycles. The first-order valence-electron chi connectivity index (χ1n) is 6.66. The van der Waals surface area contributed by atoms with Crippen molar-refractivity contribution in [1.82, 2.24) is 15.3 Å². The largest absolute Gasteiger partial charge is 0.497 e. The number of nitrogens with one attached hydrogen (secondary N) is 2. The normalized spacial score (nSPS) is 12.8. The number of hydrogen-bond acceptors (Lipinski definition) is 4. The molecule has 2 rings (SSSR count). The molecule has 1 unspecified atom stereocenters. The van der Waals surface area contributed by atoms with Crippen LogP contribution in [0.1, 0.15) is 20.3 Å². The van der Waals surface area contributed by atoms with Crippen LogP contribution in [0.4, 0.5) is 0 Å². The lowest BCUT2D eigenvalue weighted by molar-refractivity contribution is 0.415. The van der Waals surface area contributed by atoms with Gasteiger partial charge in [-0.15, -0.1) is 0 Å². The summed E-state index contributed by atoms with van der Waals surface area (Å²) in [5.74, 6) is 1.88. The Balaban J connectivity index is 2.04. The first kappa shape index (κ1) is 14.2. The Morgan fingerprint density at radius 3 is 2.95 bits per heavy atom.